The second-order valence-corrected chi connectivity index (χ2v) is 4.55. The highest BCUT2D eigenvalue weighted by Crippen LogP contribution is 2.16. The summed E-state index contributed by atoms with van der Waals surface area (Å²) >= 11 is 1.59. The van der Waals surface area contributed by atoms with Crippen molar-refractivity contribution in [2.24, 2.45) is 0 Å². The Morgan fingerprint density at radius 3 is 2.94 bits per heavy atom. The van der Waals surface area contributed by atoms with Gasteiger partial charge in [0.05, 0.1) is 16.3 Å². The lowest BCUT2D eigenvalue weighted by atomic mass is 10.2. The number of anilines is 2. The van der Waals surface area contributed by atoms with Crippen LogP contribution in [0.25, 0.3) is 0 Å². The van der Waals surface area contributed by atoms with Gasteiger partial charge in [0, 0.05) is 30.7 Å². The van der Waals surface area contributed by atoms with Crippen LogP contribution in [0.5, 0.6) is 0 Å². The molecular weight excluding hydrogens is 252 g/mol. The Bertz CT molecular complexity index is 542. The summed E-state index contributed by atoms with van der Waals surface area (Å²) in [6.45, 7) is 0.650. The lowest BCUT2D eigenvalue weighted by molar-refractivity contribution is 0.0696. The van der Waals surface area contributed by atoms with E-state index < -0.39 is 5.97 Å². The molecule has 0 aliphatic rings. The van der Waals surface area contributed by atoms with E-state index in [1.807, 2.05) is 5.38 Å². The quantitative estimate of drug-likeness (QED) is 0.756. The third kappa shape index (κ3) is 2.95. The van der Waals surface area contributed by atoms with Gasteiger partial charge in [0.15, 0.2) is 0 Å². The largest absolute Gasteiger partial charge is 0.478 e. The van der Waals surface area contributed by atoms with Crippen molar-refractivity contribution in [3.63, 3.8) is 0 Å². The Morgan fingerprint density at radius 2 is 2.33 bits per heavy atom. The summed E-state index contributed by atoms with van der Waals surface area (Å²) in [4.78, 5) is 18.9. The fourth-order valence-electron chi connectivity index (χ4n) is 1.41. The molecule has 0 fully saturated rings. The Kier molecular flexibility index (Phi) is 3.73. The van der Waals surface area contributed by atoms with Gasteiger partial charge in [-0.25, -0.2) is 14.8 Å². The summed E-state index contributed by atoms with van der Waals surface area (Å²) in [6, 6.07) is 1.39. The van der Waals surface area contributed by atoms with Crippen molar-refractivity contribution < 1.29 is 9.90 Å². The van der Waals surface area contributed by atoms with Crippen LogP contribution in [-0.4, -0.2) is 27.6 Å². The van der Waals surface area contributed by atoms with Gasteiger partial charge < -0.3 is 16.2 Å². The summed E-state index contributed by atoms with van der Waals surface area (Å²) in [6.07, 6.45) is 3.82. The number of nitrogens with one attached hydrogen (secondary N) is 1. The van der Waals surface area contributed by atoms with Gasteiger partial charge >= 0.3 is 5.97 Å². The van der Waals surface area contributed by atoms with Gasteiger partial charge in [-0.2, -0.15) is 0 Å². The average molecular weight is 264 g/mol. The molecule has 0 amide bonds. The Balaban J connectivity index is 1.95. The predicted molar refractivity (Wildman–Crippen MR) is 69.9 cm³/mol. The number of aromatic nitrogens is 2. The molecule has 0 spiro atoms. The van der Waals surface area contributed by atoms with E-state index >= 15 is 0 Å². The minimum absolute atomic E-state index is 0.0815. The molecule has 2 aromatic heterocycles. The van der Waals surface area contributed by atoms with Crippen molar-refractivity contribution in [2.45, 2.75) is 6.42 Å². The maximum atomic E-state index is 10.7. The second-order valence-electron chi connectivity index (χ2n) is 3.57. The summed E-state index contributed by atoms with van der Waals surface area (Å²) < 4.78 is 0. The van der Waals surface area contributed by atoms with Gasteiger partial charge in [0.25, 0.3) is 0 Å². The maximum absolute atomic E-state index is 10.7. The van der Waals surface area contributed by atoms with Crippen LogP contribution < -0.4 is 11.1 Å². The van der Waals surface area contributed by atoms with Crippen molar-refractivity contribution in [1.82, 2.24) is 9.97 Å². The van der Waals surface area contributed by atoms with Crippen LogP contribution in [0, 0.1) is 0 Å². The molecule has 0 aliphatic carbocycles. The molecule has 0 radical (unpaired) electrons. The Labute approximate surface area is 108 Å². The number of nitrogens with zero attached hydrogens (tertiary/aromatic N) is 2. The number of nitrogens with two attached hydrogens (primary N) is 1. The van der Waals surface area contributed by atoms with Crippen LogP contribution in [-0.2, 0) is 6.42 Å². The van der Waals surface area contributed by atoms with Crippen molar-refractivity contribution in [1.29, 1.82) is 0 Å². The summed E-state index contributed by atoms with van der Waals surface area (Å²) in [5.41, 5.74) is 6.13. The highest BCUT2D eigenvalue weighted by Gasteiger charge is 2.07. The Hall–Kier alpha value is -2.15. The summed E-state index contributed by atoms with van der Waals surface area (Å²) in [5.74, 6) is -0.542. The molecule has 2 rings (SSSR count). The fourth-order valence-corrected chi connectivity index (χ4v) is 2.03. The normalized spacial score (nSPS) is 10.2. The van der Waals surface area contributed by atoms with Gasteiger partial charge in [0.2, 0.25) is 0 Å². The lowest BCUT2D eigenvalue weighted by Gasteiger charge is -2.07. The SMILES string of the molecule is Nc1cc(C(=O)O)cnc1NCCc1nccs1. The average Bonchev–Trinajstić information content (AvgIpc) is 2.84. The topological polar surface area (TPSA) is 101 Å². The molecule has 0 bridgehead atoms. The molecule has 7 heteroatoms. The molecule has 0 aliphatic heterocycles. The number of aromatic carboxylic acids is 1. The van der Waals surface area contributed by atoms with E-state index in [0.29, 0.717) is 18.1 Å². The number of carbonyl (C=O) groups is 1. The van der Waals surface area contributed by atoms with Crippen LogP contribution in [0.4, 0.5) is 11.5 Å². The molecule has 0 unspecified atom stereocenters. The molecule has 94 valence electrons. The Morgan fingerprint density at radius 1 is 1.50 bits per heavy atom. The minimum atomic E-state index is -1.04. The third-order valence-electron chi connectivity index (χ3n) is 2.28. The molecule has 0 atom stereocenters. The number of hydrogen-bond donors (Lipinski definition) is 3. The van der Waals surface area contributed by atoms with E-state index in [1.165, 1.54) is 12.3 Å². The monoisotopic (exact) mass is 264 g/mol. The molecule has 0 aromatic carbocycles. The van der Waals surface area contributed by atoms with E-state index in [0.717, 1.165) is 11.4 Å². The molecular formula is C11H12N4O2S. The molecule has 4 N–H and O–H groups in total. The van der Waals surface area contributed by atoms with Crippen LogP contribution >= 0.6 is 11.3 Å². The van der Waals surface area contributed by atoms with Crippen LogP contribution in [0.1, 0.15) is 15.4 Å². The highest BCUT2D eigenvalue weighted by atomic mass is 32.1. The van der Waals surface area contributed by atoms with Crippen molar-refractivity contribution >= 4 is 28.8 Å². The summed E-state index contributed by atoms with van der Waals surface area (Å²) in [5, 5.41) is 14.8. The number of hydrogen-bond acceptors (Lipinski definition) is 6. The predicted octanol–water partition coefficient (Wildman–Crippen LogP) is 1.47. The zero-order chi connectivity index (χ0) is 13.0. The second kappa shape index (κ2) is 5.46. The van der Waals surface area contributed by atoms with E-state index in [2.05, 4.69) is 15.3 Å². The molecule has 18 heavy (non-hydrogen) atoms. The number of rotatable bonds is 5. The number of nitrogen functional groups attached to an aromatic ring is 1. The van der Waals surface area contributed by atoms with E-state index in [-0.39, 0.29) is 5.56 Å². The first-order valence-electron chi connectivity index (χ1n) is 5.28. The molecule has 2 heterocycles. The highest BCUT2D eigenvalue weighted by molar-refractivity contribution is 7.09. The smallest absolute Gasteiger partial charge is 0.337 e. The molecule has 6 nitrogen and oxygen atoms in total. The first-order valence-corrected chi connectivity index (χ1v) is 6.16. The van der Waals surface area contributed by atoms with Crippen LogP contribution in [0.2, 0.25) is 0 Å². The van der Waals surface area contributed by atoms with Crippen LogP contribution in [0.15, 0.2) is 23.8 Å². The zero-order valence-electron chi connectivity index (χ0n) is 9.46. The first-order chi connectivity index (χ1) is 8.66. The first kappa shape index (κ1) is 12.3. The zero-order valence-corrected chi connectivity index (χ0v) is 10.3. The number of pyridine rings is 1. The van der Waals surface area contributed by atoms with Gasteiger partial charge in [0.1, 0.15) is 5.82 Å². The van der Waals surface area contributed by atoms with E-state index in [9.17, 15) is 4.79 Å². The minimum Gasteiger partial charge on any atom is -0.478 e. The fraction of sp³-hybridized carbons (Fsp3) is 0.182. The van der Waals surface area contributed by atoms with Gasteiger partial charge in [-0.05, 0) is 6.07 Å². The van der Waals surface area contributed by atoms with Crippen LogP contribution in [0.3, 0.4) is 0 Å². The number of carboxylic acids is 1. The molecule has 0 saturated carbocycles. The van der Waals surface area contributed by atoms with Gasteiger partial charge in [-0.15, -0.1) is 11.3 Å². The number of thiazole rings is 1. The molecule has 2 aromatic rings. The van der Waals surface area contributed by atoms with Gasteiger partial charge in [-0.1, -0.05) is 0 Å². The van der Waals surface area contributed by atoms with E-state index in [4.69, 9.17) is 10.8 Å². The third-order valence-corrected chi connectivity index (χ3v) is 3.12. The standard InChI is InChI=1S/C11H12N4O2S/c12-8-5-7(11(16)17)6-15-10(8)14-2-1-9-13-3-4-18-9/h3-6H,1-2,12H2,(H,14,15)(H,16,17). The van der Waals surface area contributed by atoms with Gasteiger partial charge in [-0.3, -0.25) is 0 Å². The molecule has 0 saturated heterocycles. The number of carboxylic acid groups (broad SMARTS) is 1. The summed E-state index contributed by atoms with van der Waals surface area (Å²) in [7, 11) is 0. The maximum Gasteiger partial charge on any atom is 0.337 e. The van der Waals surface area contributed by atoms with Crippen molar-refractivity contribution in [3.8, 4) is 0 Å². The lowest BCUT2D eigenvalue weighted by Crippen LogP contribution is -2.09. The van der Waals surface area contributed by atoms with E-state index in [1.54, 1.807) is 17.5 Å². The van der Waals surface area contributed by atoms with Crippen molar-refractivity contribution in [3.05, 3.63) is 34.4 Å². The van der Waals surface area contributed by atoms with Crippen molar-refractivity contribution in [2.75, 3.05) is 17.6 Å².